The van der Waals surface area contributed by atoms with Crippen LogP contribution in [0.2, 0.25) is 0 Å². The Morgan fingerprint density at radius 1 is 0.700 bits per heavy atom. The zero-order chi connectivity index (χ0) is 36.5. The van der Waals surface area contributed by atoms with E-state index in [2.05, 4.69) is 15.0 Å². The number of amides is 3. The van der Waals surface area contributed by atoms with E-state index in [9.17, 15) is 27.6 Å². The van der Waals surface area contributed by atoms with Crippen molar-refractivity contribution in [3.63, 3.8) is 0 Å². The van der Waals surface area contributed by atoms with Crippen LogP contribution < -0.4 is 10.0 Å². The van der Waals surface area contributed by atoms with Gasteiger partial charge in [0.2, 0.25) is 5.91 Å². The van der Waals surface area contributed by atoms with Gasteiger partial charge in [0.15, 0.2) is 10.2 Å². The van der Waals surface area contributed by atoms with Crippen LogP contribution in [-0.4, -0.2) is 154 Å². The quantitative estimate of drug-likeness (QED) is 0.0740. The van der Waals surface area contributed by atoms with Crippen molar-refractivity contribution < 1.29 is 70.3 Å². The highest BCUT2D eigenvalue weighted by Crippen LogP contribution is 2.25. The maximum absolute atomic E-state index is 12.4. The second-order valence-corrected chi connectivity index (χ2v) is 13.0. The van der Waals surface area contributed by atoms with Gasteiger partial charge >= 0.3 is 5.97 Å². The van der Waals surface area contributed by atoms with Crippen LogP contribution in [0.4, 0.5) is 5.13 Å². The van der Waals surface area contributed by atoms with Crippen molar-refractivity contribution in [3.8, 4) is 0 Å². The fraction of sp³-hybridized carbons (Fsp3) is 0.759. The zero-order valence-electron chi connectivity index (χ0n) is 28.5. The van der Waals surface area contributed by atoms with E-state index < -0.39 is 27.8 Å². The smallest absolute Gasteiger partial charge is 0.335 e. The van der Waals surface area contributed by atoms with Gasteiger partial charge < -0.3 is 48.0 Å². The molecule has 1 fully saturated rings. The Morgan fingerprint density at radius 3 is 1.52 bits per heavy atom. The second-order valence-electron chi connectivity index (χ2n) is 10.2. The molecular weight excluding hydrogens is 708 g/mol. The van der Waals surface area contributed by atoms with Gasteiger partial charge in [0.25, 0.3) is 21.8 Å². The van der Waals surface area contributed by atoms with Crippen LogP contribution in [-0.2, 0) is 71.9 Å². The van der Waals surface area contributed by atoms with E-state index >= 15 is 0 Å². The third-order valence-corrected chi connectivity index (χ3v) is 8.59. The number of hydrogen-bond acceptors (Lipinski definition) is 17. The van der Waals surface area contributed by atoms with Gasteiger partial charge in [-0.25, -0.2) is 22.9 Å². The largest absolute Gasteiger partial charge is 0.378 e. The van der Waals surface area contributed by atoms with Crippen LogP contribution >= 0.6 is 11.3 Å². The van der Waals surface area contributed by atoms with Crippen LogP contribution in [0.25, 0.3) is 0 Å². The predicted molar refractivity (Wildman–Crippen MR) is 175 cm³/mol. The van der Waals surface area contributed by atoms with E-state index in [4.69, 9.17) is 42.7 Å². The number of anilines is 1. The van der Waals surface area contributed by atoms with Crippen molar-refractivity contribution in [2.75, 3.05) is 118 Å². The number of nitrogens with zero attached hydrogens (tertiary/aromatic N) is 2. The van der Waals surface area contributed by atoms with Crippen molar-refractivity contribution in [2.24, 2.45) is 0 Å². The SMILES string of the molecule is CC(=O)Nc1nc(S(=O)(=O)NCCOCCOCCOCCOCCOCCOCCOCCOCCC(=O)ON2C(=O)CCC2=O)c(C)s1. The molecule has 2 heterocycles. The lowest BCUT2D eigenvalue weighted by atomic mass is 10.4. The summed E-state index contributed by atoms with van der Waals surface area (Å²) in [4.78, 5) is 54.8. The minimum absolute atomic E-state index is 0.0489. The molecule has 21 heteroatoms. The molecule has 0 aromatic carbocycles. The second kappa shape index (κ2) is 26.1. The van der Waals surface area contributed by atoms with E-state index in [1.807, 2.05) is 0 Å². The van der Waals surface area contributed by atoms with Gasteiger partial charge in [0.05, 0.1) is 112 Å². The van der Waals surface area contributed by atoms with E-state index in [-0.39, 0.29) is 61.7 Å². The van der Waals surface area contributed by atoms with Gasteiger partial charge in [-0.2, -0.15) is 0 Å². The summed E-state index contributed by atoms with van der Waals surface area (Å²) in [6.45, 7) is 8.48. The Balaban J connectivity index is 1.24. The molecule has 0 unspecified atom stereocenters. The Kier molecular flexibility index (Phi) is 22.7. The molecule has 1 aromatic heterocycles. The molecule has 50 heavy (non-hydrogen) atoms. The van der Waals surface area contributed by atoms with Gasteiger partial charge in [-0.05, 0) is 6.92 Å². The first-order valence-corrected chi connectivity index (χ1v) is 18.3. The van der Waals surface area contributed by atoms with Gasteiger partial charge in [0, 0.05) is 31.2 Å². The summed E-state index contributed by atoms with van der Waals surface area (Å²) in [6, 6.07) is 0. The van der Waals surface area contributed by atoms with E-state index in [1.54, 1.807) is 6.92 Å². The maximum atomic E-state index is 12.4. The normalized spacial score (nSPS) is 13.4. The van der Waals surface area contributed by atoms with Gasteiger partial charge in [-0.1, -0.05) is 0 Å². The van der Waals surface area contributed by atoms with Crippen LogP contribution in [0.15, 0.2) is 5.03 Å². The summed E-state index contributed by atoms with van der Waals surface area (Å²) in [5.74, 6) is -2.08. The molecule has 1 aliphatic heterocycles. The van der Waals surface area contributed by atoms with Gasteiger partial charge in [-0.15, -0.1) is 16.4 Å². The Bertz CT molecular complexity index is 1250. The number of rotatable bonds is 31. The standard InChI is InChI=1S/C29H48N4O15S2/c1-23-28(32-29(49-23)31-24(2)34)50(38,39)30-6-8-41-10-12-43-14-16-45-18-20-47-22-21-46-19-17-44-15-13-42-11-9-40-7-5-27(37)48-33-25(35)3-4-26(33)36/h30H,3-22H2,1-2H3,(H,31,32,34). The Labute approximate surface area is 295 Å². The van der Waals surface area contributed by atoms with Crippen LogP contribution in [0.5, 0.6) is 0 Å². The lowest BCUT2D eigenvalue weighted by molar-refractivity contribution is -0.198. The highest BCUT2D eigenvalue weighted by atomic mass is 32.2. The predicted octanol–water partition coefficient (Wildman–Crippen LogP) is -0.182. The monoisotopic (exact) mass is 756 g/mol. The average Bonchev–Trinajstić information content (AvgIpc) is 3.60. The number of sulfonamides is 1. The minimum atomic E-state index is -3.82. The summed E-state index contributed by atoms with van der Waals surface area (Å²) >= 11 is 1.08. The molecule has 3 amide bonds. The van der Waals surface area contributed by atoms with E-state index in [0.29, 0.717) is 95.8 Å². The van der Waals surface area contributed by atoms with Gasteiger partial charge in [0.1, 0.15) is 0 Å². The molecule has 286 valence electrons. The molecule has 19 nitrogen and oxygen atoms in total. The third-order valence-electron chi connectivity index (χ3n) is 6.08. The number of imide groups is 1. The number of aryl methyl sites for hydroxylation is 1. The number of nitrogens with one attached hydrogen (secondary N) is 2. The molecule has 0 radical (unpaired) electrons. The first-order chi connectivity index (χ1) is 24.1. The molecule has 0 saturated carbocycles. The topological polar surface area (TPSA) is 226 Å². The molecule has 1 aromatic rings. The fourth-order valence-electron chi connectivity index (χ4n) is 3.75. The van der Waals surface area contributed by atoms with Crippen LogP contribution in [0.1, 0.15) is 31.1 Å². The van der Waals surface area contributed by atoms with Crippen molar-refractivity contribution in [2.45, 2.75) is 38.1 Å². The van der Waals surface area contributed by atoms with Crippen molar-refractivity contribution >= 4 is 50.2 Å². The first kappa shape index (κ1) is 43.5. The molecule has 2 N–H and O–H groups in total. The highest BCUT2D eigenvalue weighted by molar-refractivity contribution is 7.89. The molecule has 1 saturated heterocycles. The third kappa shape index (κ3) is 19.6. The van der Waals surface area contributed by atoms with Gasteiger partial charge in [-0.3, -0.25) is 14.4 Å². The summed E-state index contributed by atoms with van der Waals surface area (Å²) in [6.07, 6.45) is 0.0101. The molecule has 0 spiro atoms. The fourth-order valence-corrected chi connectivity index (χ4v) is 6.10. The summed E-state index contributed by atoms with van der Waals surface area (Å²) in [5, 5.41) is 3.09. The molecule has 1 aliphatic rings. The number of hydroxylamine groups is 2. The number of carbonyl (C=O) groups is 4. The van der Waals surface area contributed by atoms with Crippen LogP contribution in [0, 0.1) is 6.92 Å². The summed E-state index contributed by atoms with van der Waals surface area (Å²) in [7, 11) is -3.82. The van der Waals surface area contributed by atoms with Crippen LogP contribution in [0.3, 0.4) is 0 Å². The number of ether oxygens (including phenoxy) is 8. The molecule has 2 rings (SSSR count). The lowest BCUT2D eigenvalue weighted by Gasteiger charge is -2.12. The Hall–Kier alpha value is -2.70. The molecule has 0 bridgehead atoms. The Morgan fingerprint density at radius 2 is 1.10 bits per heavy atom. The summed E-state index contributed by atoms with van der Waals surface area (Å²) in [5.41, 5.74) is 0. The number of hydrogen-bond donors (Lipinski definition) is 2. The molecular formula is C29H48N4O15S2. The van der Waals surface area contributed by atoms with E-state index in [0.717, 1.165) is 11.3 Å². The van der Waals surface area contributed by atoms with E-state index in [1.165, 1.54) is 6.92 Å². The van der Waals surface area contributed by atoms with Crippen molar-refractivity contribution in [1.82, 2.24) is 14.8 Å². The summed E-state index contributed by atoms with van der Waals surface area (Å²) < 4.78 is 70.4. The van der Waals surface area contributed by atoms with Crippen molar-refractivity contribution in [3.05, 3.63) is 4.88 Å². The van der Waals surface area contributed by atoms with Crippen molar-refractivity contribution in [1.29, 1.82) is 0 Å². The number of carbonyl (C=O) groups excluding carboxylic acids is 4. The number of aromatic nitrogens is 1. The number of thiazole rings is 1. The average molecular weight is 757 g/mol. The maximum Gasteiger partial charge on any atom is 0.335 e. The first-order valence-electron chi connectivity index (χ1n) is 16.0. The molecule has 0 atom stereocenters. The lowest BCUT2D eigenvalue weighted by Crippen LogP contribution is -2.32. The highest BCUT2D eigenvalue weighted by Gasteiger charge is 2.32. The minimum Gasteiger partial charge on any atom is -0.378 e. The zero-order valence-corrected chi connectivity index (χ0v) is 30.1. The molecule has 0 aliphatic carbocycles.